The van der Waals surface area contributed by atoms with Crippen LogP contribution in [0.5, 0.6) is 0 Å². The molecule has 2 nitrogen and oxygen atoms in total. The quantitative estimate of drug-likeness (QED) is 0.810. The van der Waals surface area contributed by atoms with E-state index in [0.29, 0.717) is 0 Å². The fraction of sp³-hybridized carbons (Fsp3) is 1.00. The van der Waals surface area contributed by atoms with E-state index in [0.717, 1.165) is 23.8 Å². The zero-order valence-corrected chi connectivity index (χ0v) is 11.9. The van der Waals surface area contributed by atoms with Crippen LogP contribution in [0.2, 0.25) is 0 Å². The molecule has 1 heterocycles. The Morgan fingerprint density at radius 2 is 2.06 bits per heavy atom. The van der Waals surface area contributed by atoms with Crippen LogP contribution in [0.1, 0.15) is 46.0 Å². The first-order chi connectivity index (χ1) is 8.20. The van der Waals surface area contributed by atoms with Crippen molar-refractivity contribution in [3.05, 3.63) is 0 Å². The highest BCUT2D eigenvalue weighted by atomic mass is 15.1. The third-order valence-corrected chi connectivity index (χ3v) is 5.14. The second kappa shape index (κ2) is 6.19. The lowest BCUT2D eigenvalue weighted by Crippen LogP contribution is -2.41. The molecule has 0 bridgehead atoms. The van der Waals surface area contributed by atoms with Crippen molar-refractivity contribution in [1.29, 1.82) is 0 Å². The first kappa shape index (κ1) is 13.4. The molecule has 1 aliphatic carbocycles. The topological polar surface area (TPSA) is 15.3 Å². The maximum Gasteiger partial charge on any atom is 0.00955 e. The Labute approximate surface area is 107 Å². The minimum absolute atomic E-state index is 0.798. The summed E-state index contributed by atoms with van der Waals surface area (Å²) in [6.45, 7) is 8.64. The number of nitrogens with one attached hydrogen (secondary N) is 1. The second-order valence-corrected chi connectivity index (χ2v) is 6.39. The van der Waals surface area contributed by atoms with Crippen LogP contribution in [0.4, 0.5) is 0 Å². The summed E-state index contributed by atoms with van der Waals surface area (Å²) in [6, 6.07) is 0.798. The van der Waals surface area contributed by atoms with Gasteiger partial charge in [0.15, 0.2) is 0 Å². The van der Waals surface area contributed by atoms with E-state index in [4.69, 9.17) is 0 Å². The normalized spacial score (nSPS) is 39.7. The van der Waals surface area contributed by atoms with Crippen LogP contribution in [-0.2, 0) is 0 Å². The van der Waals surface area contributed by atoms with Crippen LogP contribution in [-0.4, -0.2) is 37.6 Å². The summed E-state index contributed by atoms with van der Waals surface area (Å²) >= 11 is 0. The van der Waals surface area contributed by atoms with Crippen molar-refractivity contribution in [1.82, 2.24) is 10.2 Å². The highest BCUT2D eigenvalue weighted by Crippen LogP contribution is 2.34. The molecular weight excluding hydrogens is 208 g/mol. The predicted molar refractivity (Wildman–Crippen MR) is 74.2 cm³/mol. The van der Waals surface area contributed by atoms with Crippen LogP contribution >= 0.6 is 0 Å². The lowest BCUT2D eigenvalue weighted by molar-refractivity contribution is 0.198. The molecule has 2 aliphatic rings. The van der Waals surface area contributed by atoms with Gasteiger partial charge in [-0.3, -0.25) is 0 Å². The highest BCUT2D eigenvalue weighted by molar-refractivity contribution is 4.87. The summed E-state index contributed by atoms with van der Waals surface area (Å²) in [5.41, 5.74) is 0. The summed E-state index contributed by atoms with van der Waals surface area (Å²) in [6.07, 6.45) is 7.03. The van der Waals surface area contributed by atoms with Gasteiger partial charge in [0.05, 0.1) is 0 Å². The summed E-state index contributed by atoms with van der Waals surface area (Å²) < 4.78 is 0. The maximum absolute atomic E-state index is 3.86. The summed E-state index contributed by atoms with van der Waals surface area (Å²) in [7, 11) is 2.26. The Kier molecular flexibility index (Phi) is 4.87. The molecule has 0 aromatic heterocycles. The number of likely N-dealkylation sites (tertiary alicyclic amines) is 1. The molecule has 1 N–H and O–H groups in total. The van der Waals surface area contributed by atoms with Crippen LogP contribution in [0.15, 0.2) is 0 Å². The van der Waals surface area contributed by atoms with Crippen molar-refractivity contribution in [3.63, 3.8) is 0 Å². The fourth-order valence-electron chi connectivity index (χ4n) is 3.87. The van der Waals surface area contributed by atoms with Crippen molar-refractivity contribution in [2.24, 2.45) is 17.8 Å². The molecule has 2 heteroatoms. The van der Waals surface area contributed by atoms with E-state index in [1.165, 1.54) is 51.7 Å². The second-order valence-electron chi connectivity index (χ2n) is 6.39. The fourth-order valence-corrected chi connectivity index (χ4v) is 3.87. The van der Waals surface area contributed by atoms with Gasteiger partial charge in [-0.1, -0.05) is 20.3 Å². The van der Waals surface area contributed by atoms with E-state index in [1.807, 2.05) is 0 Å². The lowest BCUT2D eigenvalue weighted by atomic mass is 9.93. The van der Waals surface area contributed by atoms with Crippen molar-refractivity contribution in [2.75, 3.05) is 26.7 Å². The molecule has 1 saturated heterocycles. The molecular formula is C15H30N2. The van der Waals surface area contributed by atoms with Gasteiger partial charge in [0, 0.05) is 12.6 Å². The molecule has 0 spiro atoms. The maximum atomic E-state index is 3.86. The molecule has 17 heavy (non-hydrogen) atoms. The van der Waals surface area contributed by atoms with Crippen molar-refractivity contribution < 1.29 is 0 Å². The van der Waals surface area contributed by atoms with Gasteiger partial charge in [-0.05, 0) is 63.6 Å². The van der Waals surface area contributed by atoms with Crippen LogP contribution in [0.25, 0.3) is 0 Å². The SMILES string of the molecule is CCC1CCC(NCC2CCCN(C)C2)C1C. The monoisotopic (exact) mass is 238 g/mol. The zero-order valence-electron chi connectivity index (χ0n) is 11.9. The van der Waals surface area contributed by atoms with Gasteiger partial charge < -0.3 is 10.2 Å². The molecule has 1 saturated carbocycles. The predicted octanol–water partition coefficient (Wildman–Crippen LogP) is 2.74. The molecule has 4 atom stereocenters. The molecule has 0 amide bonds. The molecule has 0 radical (unpaired) electrons. The summed E-state index contributed by atoms with van der Waals surface area (Å²) in [5.74, 6) is 2.75. The van der Waals surface area contributed by atoms with Crippen molar-refractivity contribution in [3.8, 4) is 0 Å². The van der Waals surface area contributed by atoms with E-state index in [-0.39, 0.29) is 0 Å². The number of nitrogens with zero attached hydrogens (tertiary/aromatic N) is 1. The number of piperidine rings is 1. The van der Waals surface area contributed by atoms with Crippen molar-refractivity contribution >= 4 is 0 Å². The molecule has 4 unspecified atom stereocenters. The van der Waals surface area contributed by atoms with E-state index < -0.39 is 0 Å². The summed E-state index contributed by atoms with van der Waals surface area (Å²) in [4.78, 5) is 2.49. The molecule has 2 rings (SSSR count). The van der Waals surface area contributed by atoms with E-state index in [9.17, 15) is 0 Å². The van der Waals surface area contributed by atoms with E-state index in [1.54, 1.807) is 0 Å². The minimum atomic E-state index is 0.798. The zero-order chi connectivity index (χ0) is 12.3. The Morgan fingerprint density at radius 3 is 2.71 bits per heavy atom. The minimum Gasteiger partial charge on any atom is -0.313 e. The number of hydrogen-bond donors (Lipinski definition) is 1. The van der Waals surface area contributed by atoms with Gasteiger partial charge in [-0.15, -0.1) is 0 Å². The van der Waals surface area contributed by atoms with Gasteiger partial charge in [0.2, 0.25) is 0 Å². The van der Waals surface area contributed by atoms with Gasteiger partial charge >= 0.3 is 0 Å². The molecule has 0 aromatic rings. The average molecular weight is 238 g/mol. The first-order valence-corrected chi connectivity index (χ1v) is 7.62. The molecule has 1 aliphatic heterocycles. The van der Waals surface area contributed by atoms with Crippen LogP contribution in [0.3, 0.4) is 0 Å². The Balaban J connectivity index is 1.71. The van der Waals surface area contributed by atoms with Gasteiger partial charge in [0.1, 0.15) is 0 Å². The molecule has 0 aromatic carbocycles. The number of hydrogen-bond acceptors (Lipinski definition) is 2. The Morgan fingerprint density at radius 1 is 1.24 bits per heavy atom. The van der Waals surface area contributed by atoms with Gasteiger partial charge in [0.25, 0.3) is 0 Å². The smallest absolute Gasteiger partial charge is 0.00955 e. The first-order valence-electron chi connectivity index (χ1n) is 7.62. The lowest BCUT2D eigenvalue weighted by Gasteiger charge is -2.31. The van der Waals surface area contributed by atoms with E-state index >= 15 is 0 Å². The Hall–Kier alpha value is -0.0800. The van der Waals surface area contributed by atoms with Crippen LogP contribution in [0, 0.1) is 17.8 Å². The Bertz CT molecular complexity index is 229. The third kappa shape index (κ3) is 3.45. The highest BCUT2D eigenvalue weighted by Gasteiger charge is 2.31. The van der Waals surface area contributed by atoms with Crippen molar-refractivity contribution in [2.45, 2.75) is 52.0 Å². The summed E-state index contributed by atoms with van der Waals surface area (Å²) in [5, 5.41) is 3.86. The number of rotatable bonds is 4. The average Bonchev–Trinajstić information content (AvgIpc) is 2.67. The van der Waals surface area contributed by atoms with Gasteiger partial charge in [-0.2, -0.15) is 0 Å². The van der Waals surface area contributed by atoms with E-state index in [2.05, 4.69) is 31.1 Å². The largest absolute Gasteiger partial charge is 0.313 e. The standard InChI is InChI=1S/C15H30N2/c1-4-14-7-8-15(12(14)2)16-10-13-6-5-9-17(3)11-13/h12-16H,4-11H2,1-3H3. The van der Waals surface area contributed by atoms with Crippen LogP contribution < -0.4 is 5.32 Å². The molecule has 2 fully saturated rings. The van der Waals surface area contributed by atoms with Gasteiger partial charge in [-0.25, -0.2) is 0 Å². The third-order valence-electron chi connectivity index (χ3n) is 5.14. The molecule has 100 valence electrons.